The summed E-state index contributed by atoms with van der Waals surface area (Å²) >= 11 is 0. The van der Waals surface area contributed by atoms with Crippen LogP contribution in [0.4, 0.5) is 0 Å². The van der Waals surface area contributed by atoms with E-state index in [1.165, 1.54) is 16.7 Å². The molecule has 0 unspecified atom stereocenters. The van der Waals surface area contributed by atoms with Crippen LogP contribution < -0.4 is 0 Å². The average molecular weight is 314 g/mol. The summed E-state index contributed by atoms with van der Waals surface area (Å²) in [5.41, 5.74) is 4.95. The van der Waals surface area contributed by atoms with E-state index >= 15 is 0 Å². The van der Waals surface area contributed by atoms with E-state index in [-0.39, 0.29) is 0 Å². The van der Waals surface area contributed by atoms with Gasteiger partial charge in [0.05, 0.1) is 0 Å². The summed E-state index contributed by atoms with van der Waals surface area (Å²) in [5.74, 6) is 6.76. The van der Waals surface area contributed by atoms with E-state index in [0.717, 1.165) is 31.2 Å². The molecule has 24 heavy (non-hydrogen) atoms. The lowest BCUT2D eigenvalue weighted by Gasteiger charge is -2.06. The Hall–Kier alpha value is -2.52. The predicted octanol–water partition coefficient (Wildman–Crippen LogP) is 6.65. The first-order chi connectivity index (χ1) is 11.8. The van der Waals surface area contributed by atoms with Crippen molar-refractivity contribution in [2.45, 2.75) is 39.5 Å². The van der Waals surface area contributed by atoms with E-state index in [0.29, 0.717) is 0 Å². The molecule has 0 atom stereocenters. The molecular formula is C24H26. The van der Waals surface area contributed by atoms with Crippen molar-refractivity contribution in [3.05, 3.63) is 89.0 Å². The minimum absolute atomic E-state index is 1.04. The van der Waals surface area contributed by atoms with Crippen molar-refractivity contribution in [3.8, 4) is 11.8 Å². The van der Waals surface area contributed by atoms with Gasteiger partial charge in [0.1, 0.15) is 0 Å². The fraction of sp³-hybridized carbons (Fsp3) is 0.250. The van der Waals surface area contributed by atoms with E-state index in [1.54, 1.807) is 0 Å². The van der Waals surface area contributed by atoms with Crippen molar-refractivity contribution in [1.29, 1.82) is 0 Å². The maximum atomic E-state index is 3.44. The second-order valence-electron chi connectivity index (χ2n) is 5.86. The standard InChI is InChI=1S/C24H26/c1-3-11-23(19-17-21-13-7-5-8-14-21)24(12-4-2)20-18-22-15-9-6-10-16-22/h5-10,13-17,19H,3-4,11-12H2,1-2H3/b19-17?,24-23-. The summed E-state index contributed by atoms with van der Waals surface area (Å²) in [7, 11) is 0. The van der Waals surface area contributed by atoms with Crippen LogP contribution in [0.15, 0.2) is 77.9 Å². The molecule has 0 N–H and O–H groups in total. The summed E-state index contributed by atoms with van der Waals surface area (Å²) in [6.45, 7) is 4.44. The highest BCUT2D eigenvalue weighted by molar-refractivity contribution is 5.55. The number of hydrogen-bond acceptors (Lipinski definition) is 0. The molecule has 0 aliphatic carbocycles. The Morgan fingerprint density at radius 1 is 0.833 bits per heavy atom. The Balaban J connectivity index is 2.32. The third kappa shape index (κ3) is 5.94. The Bertz CT molecular complexity index is 722. The van der Waals surface area contributed by atoms with E-state index in [2.05, 4.69) is 74.2 Å². The van der Waals surface area contributed by atoms with Gasteiger partial charge in [0, 0.05) is 11.1 Å². The molecule has 0 spiro atoms. The molecule has 0 bridgehead atoms. The Kier molecular flexibility index (Phi) is 7.64. The highest BCUT2D eigenvalue weighted by atomic mass is 14.1. The Morgan fingerprint density at radius 2 is 1.46 bits per heavy atom. The highest BCUT2D eigenvalue weighted by Gasteiger charge is 2.01. The summed E-state index contributed by atoms with van der Waals surface area (Å²) in [4.78, 5) is 0. The molecule has 2 aromatic carbocycles. The van der Waals surface area contributed by atoms with Gasteiger partial charge in [0.25, 0.3) is 0 Å². The lowest BCUT2D eigenvalue weighted by atomic mass is 9.98. The lowest BCUT2D eigenvalue weighted by molar-refractivity contribution is 0.875. The van der Waals surface area contributed by atoms with Gasteiger partial charge in [-0.15, -0.1) is 0 Å². The summed E-state index contributed by atoms with van der Waals surface area (Å²) < 4.78 is 0. The molecule has 2 rings (SSSR count). The van der Waals surface area contributed by atoms with Gasteiger partial charge >= 0.3 is 0 Å². The van der Waals surface area contributed by atoms with E-state index in [9.17, 15) is 0 Å². The van der Waals surface area contributed by atoms with Gasteiger partial charge < -0.3 is 0 Å². The zero-order valence-electron chi connectivity index (χ0n) is 14.8. The average Bonchev–Trinajstić information content (AvgIpc) is 2.64. The molecule has 2 aromatic rings. The molecule has 0 amide bonds. The Morgan fingerprint density at radius 3 is 2.08 bits per heavy atom. The van der Waals surface area contributed by atoms with Gasteiger partial charge in [-0.1, -0.05) is 99.2 Å². The predicted molar refractivity (Wildman–Crippen MR) is 106 cm³/mol. The van der Waals surface area contributed by atoms with Gasteiger partial charge in [0.2, 0.25) is 0 Å². The molecule has 0 saturated carbocycles. The first kappa shape index (κ1) is 17.8. The number of allylic oxidation sites excluding steroid dienone is 3. The fourth-order valence-corrected chi connectivity index (χ4v) is 2.59. The third-order valence-electron chi connectivity index (χ3n) is 3.82. The molecular weight excluding hydrogens is 288 g/mol. The van der Waals surface area contributed by atoms with Crippen molar-refractivity contribution in [1.82, 2.24) is 0 Å². The highest BCUT2D eigenvalue weighted by Crippen LogP contribution is 2.19. The molecule has 0 radical (unpaired) electrons. The normalized spacial score (nSPS) is 11.8. The van der Waals surface area contributed by atoms with Crippen LogP contribution in [0.25, 0.3) is 6.08 Å². The van der Waals surface area contributed by atoms with Crippen LogP contribution in [0.1, 0.15) is 50.7 Å². The van der Waals surface area contributed by atoms with Crippen LogP contribution in [0.2, 0.25) is 0 Å². The smallest absolute Gasteiger partial charge is 0.0248 e. The first-order valence-electron chi connectivity index (χ1n) is 8.85. The van der Waals surface area contributed by atoms with E-state index in [1.807, 2.05) is 24.3 Å². The minimum atomic E-state index is 1.04. The summed E-state index contributed by atoms with van der Waals surface area (Å²) in [6.07, 6.45) is 8.81. The van der Waals surface area contributed by atoms with Crippen LogP contribution in [-0.2, 0) is 0 Å². The number of hydrogen-bond donors (Lipinski definition) is 0. The number of benzene rings is 2. The zero-order chi connectivity index (χ0) is 17.0. The van der Waals surface area contributed by atoms with Crippen LogP contribution >= 0.6 is 0 Å². The summed E-state index contributed by atoms with van der Waals surface area (Å²) in [6, 6.07) is 20.7. The molecule has 0 aliphatic rings. The van der Waals surface area contributed by atoms with Crippen LogP contribution in [-0.4, -0.2) is 0 Å². The van der Waals surface area contributed by atoms with Crippen LogP contribution in [0.3, 0.4) is 0 Å². The van der Waals surface area contributed by atoms with E-state index in [4.69, 9.17) is 0 Å². The lowest BCUT2D eigenvalue weighted by Crippen LogP contribution is -1.89. The largest absolute Gasteiger partial charge is 0.0658 e. The van der Waals surface area contributed by atoms with Crippen molar-refractivity contribution in [2.75, 3.05) is 0 Å². The maximum absolute atomic E-state index is 3.44. The first-order valence-corrected chi connectivity index (χ1v) is 8.85. The summed E-state index contributed by atoms with van der Waals surface area (Å²) in [5, 5.41) is 0. The zero-order valence-corrected chi connectivity index (χ0v) is 14.8. The molecule has 0 heteroatoms. The molecule has 0 aliphatic heterocycles. The molecule has 0 saturated heterocycles. The van der Waals surface area contributed by atoms with Gasteiger partial charge in [-0.2, -0.15) is 0 Å². The van der Waals surface area contributed by atoms with Gasteiger partial charge in [-0.3, -0.25) is 0 Å². The molecule has 0 nitrogen and oxygen atoms in total. The molecule has 0 fully saturated rings. The monoisotopic (exact) mass is 314 g/mol. The van der Waals surface area contributed by atoms with Gasteiger partial charge in [-0.05, 0) is 36.1 Å². The second kappa shape index (κ2) is 10.3. The molecule has 122 valence electrons. The van der Waals surface area contributed by atoms with Gasteiger partial charge in [-0.25, -0.2) is 0 Å². The number of rotatable bonds is 6. The van der Waals surface area contributed by atoms with Crippen LogP contribution in [0, 0.1) is 11.8 Å². The van der Waals surface area contributed by atoms with Crippen molar-refractivity contribution >= 4 is 6.08 Å². The van der Waals surface area contributed by atoms with Crippen molar-refractivity contribution in [3.63, 3.8) is 0 Å². The van der Waals surface area contributed by atoms with E-state index < -0.39 is 0 Å². The quantitative estimate of drug-likeness (QED) is 0.413. The Labute approximate surface area is 146 Å². The molecule has 0 aromatic heterocycles. The van der Waals surface area contributed by atoms with Crippen molar-refractivity contribution in [2.24, 2.45) is 0 Å². The van der Waals surface area contributed by atoms with Crippen molar-refractivity contribution < 1.29 is 0 Å². The van der Waals surface area contributed by atoms with Crippen LogP contribution in [0.5, 0.6) is 0 Å². The second-order valence-corrected chi connectivity index (χ2v) is 5.86. The maximum Gasteiger partial charge on any atom is 0.0248 e. The third-order valence-corrected chi connectivity index (χ3v) is 3.82. The topological polar surface area (TPSA) is 0 Å². The molecule has 0 heterocycles. The SMILES string of the molecule is CCC/C(C#Cc1ccccc1)=C(/C=Cc1ccccc1)CCC. The fourth-order valence-electron chi connectivity index (χ4n) is 2.59. The van der Waals surface area contributed by atoms with Gasteiger partial charge in [0.15, 0.2) is 0 Å². The minimum Gasteiger partial charge on any atom is -0.0658 e.